The highest BCUT2D eigenvalue weighted by atomic mass is 35.5. The zero-order valence-corrected chi connectivity index (χ0v) is 17.5. The van der Waals surface area contributed by atoms with Gasteiger partial charge in [-0.2, -0.15) is 5.10 Å². The lowest BCUT2D eigenvalue weighted by atomic mass is 10.1. The minimum absolute atomic E-state index is 0. The van der Waals surface area contributed by atoms with E-state index in [1.807, 2.05) is 65.6 Å². The summed E-state index contributed by atoms with van der Waals surface area (Å²) in [6, 6.07) is 15.5. The molecule has 1 aliphatic rings. The molecule has 0 saturated carbocycles. The maximum Gasteiger partial charge on any atom is 0.251 e. The third-order valence-electron chi connectivity index (χ3n) is 5.17. The lowest BCUT2D eigenvalue weighted by Gasteiger charge is -2.15. The summed E-state index contributed by atoms with van der Waals surface area (Å²) < 4.78 is 0. The first-order valence-electron chi connectivity index (χ1n) is 9.98. The number of rotatable bonds is 7. The number of fused-ring (bicyclic) bond motifs is 1. The largest absolute Gasteiger partial charge is 0.352 e. The minimum Gasteiger partial charge on any atom is -0.352 e. The van der Waals surface area contributed by atoms with Crippen LogP contribution in [-0.4, -0.2) is 46.5 Å². The van der Waals surface area contributed by atoms with Gasteiger partial charge in [0.25, 0.3) is 5.91 Å². The van der Waals surface area contributed by atoms with Gasteiger partial charge in [-0.25, -0.2) is 0 Å². The highest BCUT2D eigenvalue weighted by Crippen LogP contribution is 2.17. The van der Waals surface area contributed by atoms with Crippen LogP contribution in [0, 0.1) is 0 Å². The minimum atomic E-state index is -0.0911. The molecule has 0 spiro atoms. The first kappa shape index (κ1) is 21.6. The van der Waals surface area contributed by atoms with Crippen LogP contribution in [0.1, 0.15) is 40.9 Å². The molecule has 2 amide bonds. The van der Waals surface area contributed by atoms with Gasteiger partial charge in [-0.05, 0) is 42.7 Å². The van der Waals surface area contributed by atoms with E-state index in [2.05, 4.69) is 15.5 Å². The van der Waals surface area contributed by atoms with Gasteiger partial charge in [-0.15, -0.1) is 12.4 Å². The molecule has 0 bridgehead atoms. The molecule has 2 heterocycles. The van der Waals surface area contributed by atoms with E-state index in [1.165, 1.54) is 0 Å². The van der Waals surface area contributed by atoms with Crippen LogP contribution in [0.15, 0.2) is 48.5 Å². The maximum absolute atomic E-state index is 12.3. The molecule has 1 aliphatic heterocycles. The molecule has 0 atom stereocenters. The van der Waals surface area contributed by atoms with Gasteiger partial charge >= 0.3 is 0 Å². The molecule has 1 fully saturated rings. The average molecular weight is 425 g/mol. The number of carbonyl (C=O) groups is 2. The third-order valence-corrected chi connectivity index (χ3v) is 5.17. The summed E-state index contributed by atoms with van der Waals surface area (Å²) in [5, 5.41) is 11.3. The zero-order chi connectivity index (χ0) is 20.1. The normalized spacial score (nSPS) is 13.7. The summed E-state index contributed by atoms with van der Waals surface area (Å²) in [5.41, 5.74) is 3.53. The summed E-state index contributed by atoms with van der Waals surface area (Å²) in [5.74, 6) is 0.134. The second-order valence-corrected chi connectivity index (χ2v) is 7.20. The van der Waals surface area contributed by atoms with Crippen molar-refractivity contribution in [3.8, 4) is 0 Å². The van der Waals surface area contributed by atoms with Gasteiger partial charge in [0, 0.05) is 37.0 Å². The third kappa shape index (κ3) is 5.07. The molecule has 1 aromatic heterocycles. The summed E-state index contributed by atoms with van der Waals surface area (Å²) in [6.45, 7) is 2.12. The number of aromatic amines is 1. The number of benzene rings is 2. The van der Waals surface area contributed by atoms with E-state index in [0.29, 0.717) is 25.1 Å². The van der Waals surface area contributed by atoms with Crippen LogP contribution in [0.3, 0.4) is 0 Å². The molecule has 7 heteroatoms. The Bertz CT molecular complexity index is 1040. The highest BCUT2D eigenvalue weighted by Gasteiger charge is 2.19. The molecule has 4 rings (SSSR count). The zero-order valence-electron chi connectivity index (χ0n) is 16.6. The van der Waals surface area contributed by atoms with E-state index in [9.17, 15) is 9.59 Å². The second kappa shape index (κ2) is 10.1. The van der Waals surface area contributed by atoms with Crippen LogP contribution >= 0.6 is 12.4 Å². The number of H-pyrrole nitrogens is 1. The van der Waals surface area contributed by atoms with E-state index in [1.54, 1.807) is 0 Å². The van der Waals surface area contributed by atoms with Crippen LogP contribution in [0.4, 0.5) is 0 Å². The number of aromatic nitrogens is 2. The van der Waals surface area contributed by atoms with Crippen molar-refractivity contribution in [2.75, 3.05) is 19.6 Å². The topological polar surface area (TPSA) is 78.1 Å². The molecule has 2 aromatic carbocycles. The fourth-order valence-electron chi connectivity index (χ4n) is 3.55. The van der Waals surface area contributed by atoms with Gasteiger partial charge in [-0.1, -0.05) is 36.4 Å². The molecule has 1 saturated heterocycles. The van der Waals surface area contributed by atoms with E-state index in [-0.39, 0.29) is 24.2 Å². The number of halogens is 1. The first-order valence-corrected chi connectivity index (χ1v) is 9.98. The Morgan fingerprint density at radius 3 is 2.70 bits per heavy atom. The highest BCUT2D eigenvalue weighted by molar-refractivity contribution is 5.94. The quantitative estimate of drug-likeness (QED) is 0.564. The molecule has 30 heavy (non-hydrogen) atoms. The molecule has 0 aliphatic carbocycles. The van der Waals surface area contributed by atoms with Gasteiger partial charge in [0.2, 0.25) is 5.91 Å². The van der Waals surface area contributed by atoms with Crippen molar-refractivity contribution in [2.24, 2.45) is 0 Å². The summed E-state index contributed by atoms with van der Waals surface area (Å²) in [6.07, 6.45) is 6.33. The van der Waals surface area contributed by atoms with E-state index in [0.717, 1.165) is 41.5 Å². The smallest absolute Gasteiger partial charge is 0.251 e. The molecule has 0 unspecified atom stereocenters. The SMILES string of the molecule is Cl.O=C(NCCCN1CCCC1=O)c1ccc(C=Cc2n[nH]c3ccccc23)cc1. The fraction of sp³-hybridized carbons (Fsp3) is 0.261. The Morgan fingerprint density at radius 2 is 1.93 bits per heavy atom. The van der Waals surface area contributed by atoms with E-state index >= 15 is 0 Å². The number of nitrogens with zero attached hydrogens (tertiary/aromatic N) is 2. The van der Waals surface area contributed by atoms with Crippen molar-refractivity contribution in [1.29, 1.82) is 0 Å². The number of nitrogens with one attached hydrogen (secondary N) is 2. The van der Waals surface area contributed by atoms with Crippen molar-refractivity contribution >= 4 is 47.3 Å². The van der Waals surface area contributed by atoms with Gasteiger partial charge in [0.15, 0.2) is 0 Å². The monoisotopic (exact) mass is 424 g/mol. The number of hydrogen-bond acceptors (Lipinski definition) is 3. The van der Waals surface area contributed by atoms with Crippen molar-refractivity contribution in [2.45, 2.75) is 19.3 Å². The van der Waals surface area contributed by atoms with Crippen molar-refractivity contribution in [1.82, 2.24) is 20.4 Å². The molecular formula is C23H25ClN4O2. The number of para-hydroxylation sites is 1. The molecule has 6 nitrogen and oxygen atoms in total. The Labute approximate surface area is 181 Å². The molecular weight excluding hydrogens is 400 g/mol. The maximum atomic E-state index is 12.3. The summed E-state index contributed by atoms with van der Waals surface area (Å²) in [7, 11) is 0. The van der Waals surface area contributed by atoms with Gasteiger partial charge < -0.3 is 10.2 Å². The number of carbonyl (C=O) groups excluding carboxylic acids is 2. The summed E-state index contributed by atoms with van der Waals surface area (Å²) in [4.78, 5) is 25.7. The van der Waals surface area contributed by atoms with E-state index in [4.69, 9.17) is 0 Å². The van der Waals surface area contributed by atoms with Gasteiger partial charge in [0.05, 0.1) is 11.2 Å². The van der Waals surface area contributed by atoms with Crippen molar-refractivity contribution < 1.29 is 9.59 Å². The number of hydrogen-bond donors (Lipinski definition) is 2. The standard InChI is InChI=1S/C23H24N4O2.ClH/c28-22-7-3-15-27(22)16-4-14-24-23(29)18-11-8-17(9-12-18)10-13-21-19-5-1-2-6-20(19)25-26-21;/h1-2,5-6,8-13H,3-4,7,14-16H2,(H,24,29)(H,25,26);1H. The van der Waals surface area contributed by atoms with Crippen LogP contribution in [-0.2, 0) is 4.79 Å². The van der Waals surface area contributed by atoms with Crippen LogP contribution in [0.25, 0.3) is 23.1 Å². The summed E-state index contributed by atoms with van der Waals surface area (Å²) >= 11 is 0. The Morgan fingerprint density at radius 1 is 1.13 bits per heavy atom. The predicted octanol–water partition coefficient (Wildman–Crippen LogP) is 3.90. The molecule has 2 N–H and O–H groups in total. The lowest BCUT2D eigenvalue weighted by Crippen LogP contribution is -2.30. The van der Waals surface area contributed by atoms with Crippen LogP contribution in [0.5, 0.6) is 0 Å². The van der Waals surface area contributed by atoms with Crippen LogP contribution < -0.4 is 5.32 Å². The molecule has 3 aromatic rings. The Kier molecular flexibility index (Phi) is 7.25. The number of likely N-dealkylation sites (tertiary alicyclic amines) is 1. The van der Waals surface area contributed by atoms with Gasteiger partial charge in [-0.3, -0.25) is 14.7 Å². The van der Waals surface area contributed by atoms with Crippen LogP contribution in [0.2, 0.25) is 0 Å². The lowest BCUT2D eigenvalue weighted by molar-refractivity contribution is -0.127. The van der Waals surface area contributed by atoms with Gasteiger partial charge in [0.1, 0.15) is 0 Å². The first-order chi connectivity index (χ1) is 14.2. The molecule has 0 radical (unpaired) electrons. The second-order valence-electron chi connectivity index (χ2n) is 7.20. The fourth-order valence-corrected chi connectivity index (χ4v) is 3.55. The van der Waals surface area contributed by atoms with Crippen molar-refractivity contribution in [3.63, 3.8) is 0 Å². The Balaban J connectivity index is 0.00000256. The Hall–Kier alpha value is -3.12. The van der Waals surface area contributed by atoms with Crippen molar-refractivity contribution in [3.05, 3.63) is 65.4 Å². The molecule has 156 valence electrons. The average Bonchev–Trinajstić information content (AvgIpc) is 3.36. The van der Waals surface area contributed by atoms with E-state index < -0.39 is 0 Å². The number of amides is 2. The predicted molar refractivity (Wildman–Crippen MR) is 121 cm³/mol.